The lowest BCUT2D eigenvalue weighted by Gasteiger charge is -1.79. The van der Waals surface area contributed by atoms with Gasteiger partial charge in [-0.3, -0.25) is 0 Å². The van der Waals surface area contributed by atoms with Gasteiger partial charge in [-0.25, -0.2) is 4.79 Å². The zero-order chi connectivity index (χ0) is 9.28. The Morgan fingerprint density at radius 1 is 1.73 bits per heavy atom. The van der Waals surface area contributed by atoms with Gasteiger partial charge in [0.15, 0.2) is 0 Å². The van der Waals surface area contributed by atoms with Crippen LogP contribution in [-0.4, -0.2) is 17.6 Å². The van der Waals surface area contributed by atoms with Crippen LogP contribution in [0.15, 0.2) is 30.0 Å². The maximum Gasteiger partial charge on any atom is 0.330 e. The molecule has 0 radical (unpaired) electrons. The number of nitrogens with zero attached hydrogens (tertiary/aromatic N) is 1. The van der Waals surface area contributed by atoms with Crippen molar-refractivity contribution in [2.45, 2.75) is 6.92 Å². The number of carbonyl (C=O) groups is 1. The van der Waals surface area contributed by atoms with Crippen molar-refractivity contribution in [1.29, 1.82) is 0 Å². The first-order valence-electron chi connectivity index (χ1n) is 2.85. The van der Waals surface area contributed by atoms with Crippen LogP contribution in [0, 0.1) is 4.91 Å². The number of carboxylic acid groups (broad SMARTS) is 1. The molecule has 0 spiro atoms. The van der Waals surface area contributed by atoms with Gasteiger partial charge in [-0.15, -0.1) is 6.58 Å². The van der Waals surface area contributed by atoms with Gasteiger partial charge in [-0.1, -0.05) is 17.8 Å². The topological polar surface area (TPSA) is 66.7 Å². The van der Waals surface area contributed by atoms with Crippen LogP contribution in [0.1, 0.15) is 6.92 Å². The lowest BCUT2D eigenvalue weighted by Crippen LogP contribution is -1.92. The largest absolute Gasteiger partial charge is 0.478 e. The zero-order valence-electron chi connectivity index (χ0n) is 6.41. The lowest BCUT2D eigenvalue weighted by molar-refractivity contribution is -0.132. The first-order valence-corrected chi connectivity index (χ1v) is 2.85. The minimum absolute atomic E-state index is 0.176. The molecule has 0 amide bonds. The normalized spacial score (nSPS) is 7.00. The van der Waals surface area contributed by atoms with Gasteiger partial charge in [0.1, 0.15) is 0 Å². The Morgan fingerprint density at radius 3 is 2.09 bits per heavy atom. The van der Waals surface area contributed by atoms with E-state index in [1.165, 1.54) is 13.0 Å². The van der Waals surface area contributed by atoms with E-state index in [9.17, 15) is 4.79 Å². The van der Waals surface area contributed by atoms with Gasteiger partial charge < -0.3 is 5.11 Å². The van der Waals surface area contributed by atoms with Gasteiger partial charge in [0.05, 0.1) is 6.54 Å². The van der Waals surface area contributed by atoms with E-state index < -0.39 is 5.97 Å². The average Bonchev–Trinajstić information content (AvgIpc) is 1.90. The fourth-order valence-corrected chi connectivity index (χ4v) is 0.0527. The van der Waals surface area contributed by atoms with E-state index >= 15 is 0 Å². The van der Waals surface area contributed by atoms with Crippen molar-refractivity contribution in [1.82, 2.24) is 0 Å². The van der Waals surface area contributed by atoms with Crippen LogP contribution in [-0.2, 0) is 4.79 Å². The summed E-state index contributed by atoms with van der Waals surface area (Å²) in [4.78, 5) is 18.7. The van der Waals surface area contributed by atoms with E-state index in [0.717, 1.165) is 0 Å². The Balaban J connectivity index is 0. The summed E-state index contributed by atoms with van der Waals surface area (Å²) in [5, 5.41) is 10.4. The molecule has 0 heterocycles. The molecule has 0 rings (SSSR count). The summed E-state index contributed by atoms with van der Waals surface area (Å²) < 4.78 is 0. The summed E-state index contributed by atoms with van der Waals surface area (Å²) in [6.07, 6.45) is 1.45. The molecule has 0 aromatic heterocycles. The summed E-state index contributed by atoms with van der Waals surface area (Å²) in [6.45, 7) is 8.08. The van der Waals surface area contributed by atoms with Crippen molar-refractivity contribution in [3.8, 4) is 0 Å². The molecule has 0 unspecified atom stereocenters. The molecule has 0 atom stereocenters. The van der Waals surface area contributed by atoms with Crippen LogP contribution in [0.2, 0.25) is 0 Å². The number of rotatable bonds is 3. The van der Waals surface area contributed by atoms with Crippen molar-refractivity contribution in [3.63, 3.8) is 0 Å². The summed E-state index contributed by atoms with van der Waals surface area (Å²) in [5.74, 6) is -0.935. The first-order chi connectivity index (χ1) is 5.06. The molecule has 0 saturated carbocycles. The lowest BCUT2D eigenvalue weighted by atomic mass is 10.4. The van der Waals surface area contributed by atoms with E-state index in [4.69, 9.17) is 10.0 Å². The Labute approximate surface area is 65.2 Å². The molecule has 4 nitrogen and oxygen atoms in total. The second-order valence-corrected chi connectivity index (χ2v) is 1.69. The monoisotopic (exact) mass is 157 g/mol. The van der Waals surface area contributed by atoms with E-state index in [-0.39, 0.29) is 12.1 Å². The van der Waals surface area contributed by atoms with Crippen LogP contribution < -0.4 is 0 Å². The minimum Gasteiger partial charge on any atom is -0.478 e. The fraction of sp³-hybridized carbons (Fsp3) is 0.286. The Bertz CT molecular complexity index is 145. The first kappa shape index (κ1) is 12.2. The summed E-state index contributed by atoms with van der Waals surface area (Å²) >= 11 is 0. The summed E-state index contributed by atoms with van der Waals surface area (Å²) in [5.41, 5.74) is 0.176. The summed E-state index contributed by atoms with van der Waals surface area (Å²) in [6, 6.07) is 0. The zero-order valence-corrected chi connectivity index (χ0v) is 6.41. The molecule has 62 valence electrons. The molecule has 0 aromatic rings. The molecule has 0 aliphatic carbocycles. The minimum atomic E-state index is -0.935. The molecule has 0 fully saturated rings. The molecular formula is C7H11NO3. The highest BCUT2D eigenvalue weighted by Gasteiger charge is 1.90. The number of carboxylic acids is 1. The van der Waals surface area contributed by atoms with E-state index in [0.29, 0.717) is 0 Å². The second-order valence-electron chi connectivity index (χ2n) is 1.69. The van der Waals surface area contributed by atoms with Crippen molar-refractivity contribution < 1.29 is 9.90 Å². The van der Waals surface area contributed by atoms with Crippen LogP contribution in [0.3, 0.4) is 0 Å². The predicted octanol–water partition coefficient (Wildman–Crippen LogP) is 1.59. The van der Waals surface area contributed by atoms with Crippen LogP contribution in [0.4, 0.5) is 0 Å². The van der Waals surface area contributed by atoms with Crippen LogP contribution >= 0.6 is 0 Å². The Hall–Kier alpha value is -1.45. The standard InChI is InChI=1S/C4H6O2.C3H5NO/c1-3(2)4(5)6;1-2-3-4-5/h1H2,2H3,(H,5,6);2H,1,3H2. The smallest absolute Gasteiger partial charge is 0.330 e. The fourth-order valence-electron chi connectivity index (χ4n) is 0.0527. The van der Waals surface area contributed by atoms with Crippen molar-refractivity contribution >= 4 is 5.97 Å². The second kappa shape index (κ2) is 8.55. The predicted molar refractivity (Wildman–Crippen MR) is 43.3 cm³/mol. The third-order valence-electron chi connectivity index (χ3n) is 0.569. The molecule has 11 heavy (non-hydrogen) atoms. The number of nitroso groups, excluding NO2 is 1. The van der Waals surface area contributed by atoms with Gasteiger partial charge in [0.2, 0.25) is 0 Å². The van der Waals surface area contributed by atoms with Crippen molar-refractivity contribution in [3.05, 3.63) is 29.7 Å². The quantitative estimate of drug-likeness (QED) is 0.384. The van der Waals surface area contributed by atoms with Crippen molar-refractivity contribution in [2.24, 2.45) is 5.18 Å². The molecular weight excluding hydrogens is 146 g/mol. The summed E-state index contributed by atoms with van der Waals surface area (Å²) in [7, 11) is 0. The molecule has 0 saturated heterocycles. The molecule has 0 bridgehead atoms. The van der Waals surface area contributed by atoms with E-state index in [1.54, 1.807) is 0 Å². The number of aliphatic carboxylic acids is 1. The highest BCUT2D eigenvalue weighted by atomic mass is 16.4. The van der Waals surface area contributed by atoms with Gasteiger partial charge in [0, 0.05) is 5.57 Å². The molecule has 0 aliphatic heterocycles. The van der Waals surface area contributed by atoms with Crippen LogP contribution in [0.5, 0.6) is 0 Å². The maximum atomic E-state index is 9.60. The molecule has 1 N–H and O–H groups in total. The Kier molecular flexibility index (Phi) is 9.52. The van der Waals surface area contributed by atoms with Gasteiger partial charge >= 0.3 is 5.97 Å². The van der Waals surface area contributed by atoms with Crippen molar-refractivity contribution in [2.75, 3.05) is 6.54 Å². The Morgan fingerprint density at radius 2 is 2.09 bits per heavy atom. The highest BCUT2D eigenvalue weighted by molar-refractivity contribution is 5.84. The van der Waals surface area contributed by atoms with Gasteiger partial charge in [0.25, 0.3) is 0 Å². The molecule has 0 aromatic carbocycles. The molecule has 4 heteroatoms. The van der Waals surface area contributed by atoms with Gasteiger partial charge in [-0.2, -0.15) is 4.91 Å². The molecule has 0 aliphatic rings. The van der Waals surface area contributed by atoms with Crippen LogP contribution in [0.25, 0.3) is 0 Å². The number of hydrogen-bond acceptors (Lipinski definition) is 3. The third kappa shape index (κ3) is 17.7. The number of hydrogen-bond donors (Lipinski definition) is 1. The van der Waals surface area contributed by atoms with E-state index in [2.05, 4.69) is 18.3 Å². The average molecular weight is 157 g/mol. The third-order valence-corrected chi connectivity index (χ3v) is 0.569. The van der Waals surface area contributed by atoms with E-state index in [1.807, 2.05) is 0 Å². The maximum absolute atomic E-state index is 9.60. The van der Waals surface area contributed by atoms with Gasteiger partial charge in [-0.05, 0) is 6.92 Å². The highest BCUT2D eigenvalue weighted by Crippen LogP contribution is 1.81. The SMILES string of the molecule is C=C(C)C(=O)O.C=CCN=O.